The highest BCUT2D eigenvalue weighted by atomic mass is 33.5. The van der Waals surface area contributed by atoms with Crippen molar-refractivity contribution in [3.63, 3.8) is 0 Å². The number of hydrogen-bond donors (Lipinski definition) is 0. The van der Waals surface area contributed by atoms with Crippen molar-refractivity contribution in [2.45, 2.75) is 0 Å². The van der Waals surface area contributed by atoms with Gasteiger partial charge in [0.2, 0.25) is 0 Å². The van der Waals surface area contributed by atoms with Crippen LogP contribution in [0.15, 0.2) is 0 Å². The first-order chi connectivity index (χ1) is 11.7. The first-order valence-electron chi connectivity index (χ1n) is 5.78. The first-order valence-corrected chi connectivity index (χ1v) is 52.0. The minimum Gasteiger partial charge on any atom is -0.516 e. The molecule has 0 aromatic heterocycles. The predicted molar refractivity (Wildman–Crippen MR) is 218 cm³/mol. The lowest BCUT2D eigenvalue weighted by molar-refractivity contribution is 4.44. The van der Waals surface area contributed by atoms with Gasteiger partial charge in [-0.25, -0.2) is 6.99 Å². The Labute approximate surface area is 206 Å². The molecule has 158 valence electrons. The van der Waals surface area contributed by atoms with E-state index in [4.69, 9.17) is 0 Å². The summed E-state index contributed by atoms with van der Waals surface area (Å²) in [5, 5.41) is 0. The van der Waals surface area contributed by atoms with E-state index in [-0.39, 0.29) is 83.8 Å². The molecule has 0 aliphatic rings. The summed E-state index contributed by atoms with van der Waals surface area (Å²) in [6.45, 7) is -0.107. The molecule has 26 heavy (non-hydrogen) atoms. The zero-order chi connectivity index (χ0) is 20.9. The fourth-order valence-corrected chi connectivity index (χ4v) is 333. The lowest BCUT2D eigenvalue weighted by atomic mass is 28.5. The van der Waals surface area contributed by atoms with E-state index in [0.717, 1.165) is 0 Å². The summed E-state index contributed by atoms with van der Waals surface area (Å²) in [5.74, 6) is 0. The molecule has 0 N–H and O–H groups in total. The quantitative estimate of drug-likeness (QED) is 0.182. The molecule has 0 aromatic carbocycles. The number of hydrogen-bond acceptors (Lipinski definition) is 0. The van der Waals surface area contributed by atoms with Gasteiger partial charge in [-0.3, -0.25) is 0 Å². The molecule has 0 amide bonds. The summed E-state index contributed by atoms with van der Waals surface area (Å²) in [4.78, 5) is 0. The van der Waals surface area contributed by atoms with E-state index < -0.39 is 0 Å². The molecule has 0 aliphatic carbocycles. The van der Waals surface area contributed by atoms with Crippen LogP contribution in [0.2, 0.25) is 0 Å². The summed E-state index contributed by atoms with van der Waals surface area (Å²) >= 11 is 0. The normalized spacial score (nSPS) is 17.2. The Kier molecular flexibility index (Phi) is 28.8. The third-order valence-electron chi connectivity index (χ3n) is 2.07. The van der Waals surface area contributed by atoms with E-state index in [1.165, 1.54) is 0 Å². The van der Waals surface area contributed by atoms with Gasteiger partial charge in [0.15, 0.2) is 0 Å². The SMILES string of the molecule is [PH-]P(P)P(P(P)P)P(P(P)P)P(P(P(P)P)P(P)P)P(P(P)P)P(P)P. The van der Waals surface area contributed by atoms with Crippen LogP contribution in [0.25, 0.3) is 0 Å². The minimum absolute atomic E-state index is 0.0278. The Bertz CT molecular complexity index is 314. The van der Waals surface area contributed by atoms with Crippen LogP contribution < -0.4 is 0 Å². The molecule has 0 rings (SSSR count). The van der Waals surface area contributed by atoms with Gasteiger partial charge < -0.3 is 8.93 Å². The van der Waals surface area contributed by atoms with E-state index in [1.807, 2.05) is 0 Å². The average molecular weight is 833 g/mol. The largest absolute Gasteiger partial charge is 0.516 e. The predicted octanol–water partition coefficient (Wildman–Crippen LogP) is 15.2. The molecular formula is H27P26-. The van der Waals surface area contributed by atoms with Gasteiger partial charge in [-0.15, -0.1) is 116 Å². The van der Waals surface area contributed by atoms with Gasteiger partial charge in [0.1, 0.15) is 0 Å². The molecule has 0 bridgehead atoms. The second-order valence-electron chi connectivity index (χ2n) is 3.97. The van der Waals surface area contributed by atoms with Gasteiger partial charge in [0, 0.05) is 0 Å². The molecule has 0 spiro atoms. The molecular weight excluding hydrogens is 805 g/mol. The standard InChI is InChI=1S/H27P26/c1-15(2)22(16(3)4)25(21(13)14)26(23(17(5)6)18(7)8)24(19(9)10)20(11)12/h1H,2-14H2/q-1. The summed E-state index contributed by atoms with van der Waals surface area (Å²) in [6.07, 6.45) is 0. The van der Waals surface area contributed by atoms with Crippen molar-refractivity contribution in [3.05, 3.63) is 0 Å². The summed E-state index contributed by atoms with van der Waals surface area (Å²) < 4.78 is 0. The lowest BCUT2D eigenvalue weighted by Crippen LogP contribution is -1.61. The molecule has 0 saturated heterocycles. The molecule has 0 saturated carbocycles. The van der Waals surface area contributed by atoms with Crippen molar-refractivity contribution in [1.29, 1.82) is 0 Å². The van der Waals surface area contributed by atoms with E-state index >= 15 is 0 Å². The Balaban J connectivity index is 6.53. The van der Waals surface area contributed by atoms with Crippen LogP contribution in [0.3, 0.4) is 0 Å². The summed E-state index contributed by atoms with van der Waals surface area (Å²) in [7, 11) is 46.1. The van der Waals surface area contributed by atoms with Crippen LogP contribution in [0.1, 0.15) is 0 Å². The third-order valence-corrected chi connectivity index (χ3v) is 168. The second kappa shape index (κ2) is 20.1. The van der Waals surface area contributed by atoms with Crippen molar-refractivity contribution < 1.29 is 0 Å². The molecule has 0 nitrogen and oxygen atoms in total. The summed E-state index contributed by atoms with van der Waals surface area (Å²) in [5.41, 5.74) is 0. The lowest BCUT2D eigenvalue weighted by Gasteiger charge is -2.51. The molecule has 0 heterocycles. The average Bonchev–Trinajstić information content (AvgIpc) is 2.40. The highest BCUT2D eigenvalue weighted by Gasteiger charge is 2.46. The van der Waals surface area contributed by atoms with Gasteiger partial charge in [-0.1, -0.05) is 0 Å². The van der Waals surface area contributed by atoms with Crippen LogP contribution in [0.4, 0.5) is 0 Å². The number of rotatable bonds is 11. The first kappa shape index (κ1) is 37.2. The Morgan fingerprint density at radius 3 is 0.692 bits per heavy atom. The van der Waals surface area contributed by atoms with Gasteiger partial charge in [-0.05, 0) is 76.9 Å². The second-order valence-corrected chi connectivity index (χ2v) is 107. The van der Waals surface area contributed by atoms with Crippen molar-refractivity contribution in [3.8, 4) is 0 Å². The molecule has 26 heteroatoms. The Morgan fingerprint density at radius 1 is 0.308 bits per heavy atom. The monoisotopic (exact) mass is 833 g/mol. The fourth-order valence-electron chi connectivity index (χ4n) is 1.37. The van der Waals surface area contributed by atoms with Gasteiger partial charge in [0.05, 0.1) is 0 Å². The van der Waals surface area contributed by atoms with Crippen molar-refractivity contribution >= 4 is 209 Å². The van der Waals surface area contributed by atoms with E-state index in [9.17, 15) is 0 Å². The van der Waals surface area contributed by atoms with Crippen LogP contribution in [0.5, 0.6) is 0 Å². The van der Waals surface area contributed by atoms with E-state index in [1.54, 1.807) is 0 Å². The van der Waals surface area contributed by atoms with Crippen LogP contribution in [-0.4, -0.2) is 0 Å². The zero-order valence-electron chi connectivity index (χ0n) is 13.4. The third kappa shape index (κ3) is 13.5. The topological polar surface area (TPSA) is 0 Å². The molecule has 16 unspecified atom stereocenters. The highest BCUT2D eigenvalue weighted by Crippen LogP contribution is 3.35. The highest BCUT2D eigenvalue weighted by molar-refractivity contribution is 9.41. The van der Waals surface area contributed by atoms with Crippen molar-refractivity contribution in [2.24, 2.45) is 0 Å². The van der Waals surface area contributed by atoms with Crippen molar-refractivity contribution in [2.75, 3.05) is 0 Å². The molecule has 0 fully saturated rings. The zero-order valence-corrected chi connectivity index (χ0v) is 40.1. The maximum absolute atomic E-state index is 4.14. The van der Waals surface area contributed by atoms with Gasteiger partial charge >= 0.3 is 0 Å². The Morgan fingerprint density at radius 2 is 0.538 bits per heavy atom. The molecule has 0 aromatic rings. The Hall–Kier alpha value is 11.2. The smallest absolute Gasteiger partial charge is 0.000519 e. The van der Waals surface area contributed by atoms with E-state index in [0.29, 0.717) is 0 Å². The molecule has 16 atom stereocenters. The van der Waals surface area contributed by atoms with E-state index in [2.05, 4.69) is 125 Å². The fraction of sp³-hybridized carbons (Fsp3) is 0. The van der Waals surface area contributed by atoms with Crippen LogP contribution in [-0.2, 0) is 0 Å². The van der Waals surface area contributed by atoms with Gasteiger partial charge in [-0.2, -0.15) is 0 Å². The summed E-state index contributed by atoms with van der Waals surface area (Å²) in [6, 6.07) is 0. The molecule has 0 aliphatic heterocycles. The minimum atomic E-state index is -0.130. The van der Waals surface area contributed by atoms with Crippen molar-refractivity contribution in [1.82, 2.24) is 0 Å². The maximum atomic E-state index is 4.14. The van der Waals surface area contributed by atoms with Crippen LogP contribution >= 0.6 is 209 Å². The van der Waals surface area contributed by atoms with Crippen LogP contribution in [0, 0.1) is 0 Å². The maximum Gasteiger partial charge on any atom is -0.000519 e. The molecule has 0 radical (unpaired) electrons. The van der Waals surface area contributed by atoms with Gasteiger partial charge in [0.25, 0.3) is 0 Å².